The number of halogens is 8. The van der Waals surface area contributed by atoms with Crippen molar-refractivity contribution in [2.45, 2.75) is 23.9 Å². The zero-order valence-corrected chi connectivity index (χ0v) is 13.4. The Balaban J connectivity index is 3.03. The van der Waals surface area contributed by atoms with Gasteiger partial charge in [-0.15, -0.1) is 0 Å². The number of alkyl halides is 8. The lowest BCUT2D eigenvalue weighted by Crippen LogP contribution is -2.56. The van der Waals surface area contributed by atoms with Gasteiger partial charge >= 0.3 is 18.3 Å². The molecule has 1 atom stereocenters. The van der Waals surface area contributed by atoms with Crippen LogP contribution in [0, 0.1) is 10.1 Å². The molecule has 0 fully saturated rings. The van der Waals surface area contributed by atoms with E-state index in [1.54, 1.807) is 0 Å². The first kappa shape index (κ1) is 21.5. The number of benzene rings is 2. The van der Waals surface area contributed by atoms with E-state index in [2.05, 4.69) is 0 Å². The second kappa shape index (κ2) is 6.69. The Bertz CT molecular complexity index is 894. The first-order chi connectivity index (χ1) is 12.7. The average Bonchev–Trinajstić information content (AvgIpc) is 2.59. The van der Waals surface area contributed by atoms with E-state index in [9.17, 15) is 50.3 Å². The minimum Gasteiger partial charge on any atom is -0.374 e. The Labute approximate surface area is 151 Å². The summed E-state index contributed by atoms with van der Waals surface area (Å²) in [6.07, 6.45) is -12.0. The molecule has 0 aliphatic carbocycles. The largest absolute Gasteiger partial charge is 0.457 e. The summed E-state index contributed by atoms with van der Waals surface area (Å²) < 4.78 is 108. The predicted octanol–water partition coefficient (Wildman–Crippen LogP) is 5.05. The van der Waals surface area contributed by atoms with Gasteiger partial charge in [-0.3, -0.25) is 10.1 Å². The van der Waals surface area contributed by atoms with Crippen LogP contribution in [-0.4, -0.2) is 22.1 Å². The van der Waals surface area contributed by atoms with Crippen molar-refractivity contribution in [1.82, 2.24) is 0 Å². The molecule has 0 aliphatic rings. The Morgan fingerprint density at radius 1 is 0.750 bits per heavy atom. The topological polar surface area (TPSA) is 63.4 Å². The predicted molar refractivity (Wildman–Crippen MR) is 78.5 cm³/mol. The maximum atomic E-state index is 14.4. The molecule has 152 valence electrons. The summed E-state index contributed by atoms with van der Waals surface area (Å²) >= 11 is 0. The molecule has 2 aromatic carbocycles. The smallest absolute Gasteiger partial charge is 0.374 e. The van der Waals surface area contributed by atoms with Crippen LogP contribution in [0.5, 0.6) is 0 Å². The molecule has 0 saturated heterocycles. The normalized spacial score (nSPS) is 15.2. The summed E-state index contributed by atoms with van der Waals surface area (Å²) in [6.45, 7) is 0. The number of hydrogen-bond donors (Lipinski definition) is 1. The lowest BCUT2D eigenvalue weighted by atomic mass is 9.77. The molecule has 0 saturated carbocycles. The standard InChI is InChI=1S/C16H9F8NO3/c17-14(18,19)10-6-2-1-5-9(10)13(26,15(20,21)16(22,23)24)11-7-3-4-8-12(11)25(27)28/h1-8,26H. The summed E-state index contributed by atoms with van der Waals surface area (Å²) in [6, 6.07) is 4.28. The van der Waals surface area contributed by atoms with Crippen LogP contribution >= 0.6 is 0 Å². The summed E-state index contributed by atoms with van der Waals surface area (Å²) in [5, 5.41) is 21.6. The van der Waals surface area contributed by atoms with E-state index in [-0.39, 0.29) is 12.1 Å². The molecule has 0 radical (unpaired) electrons. The molecular weight excluding hydrogens is 406 g/mol. The zero-order chi connectivity index (χ0) is 21.5. The third-order valence-corrected chi connectivity index (χ3v) is 3.92. The van der Waals surface area contributed by atoms with Crippen LogP contribution in [0.2, 0.25) is 0 Å². The lowest BCUT2D eigenvalue weighted by Gasteiger charge is -2.38. The van der Waals surface area contributed by atoms with Gasteiger partial charge in [-0.1, -0.05) is 30.3 Å². The van der Waals surface area contributed by atoms with E-state index >= 15 is 0 Å². The van der Waals surface area contributed by atoms with Gasteiger partial charge in [0.2, 0.25) is 0 Å². The number of nitro groups is 1. The average molecular weight is 415 g/mol. The molecule has 0 spiro atoms. The van der Waals surface area contributed by atoms with E-state index in [4.69, 9.17) is 0 Å². The molecule has 2 rings (SSSR count). The van der Waals surface area contributed by atoms with Crippen molar-refractivity contribution in [2.24, 2.45) is 0 Å². The minimum absolute atomic E-state index is 0.182. The van der Waals surface area contributed by atoms with Gasteiger partial charge in [0.1, 0.15) is 0 Å². The van der Waals surface area contributed by atoms with Crippen molar-refractivity contribution in [2.75, 3.05) is 0 Å². The van der Waals surface area contributed by atoms with Gasteiger partial charge in [-0.05, 0) is 12.1 Å². The van der Waals surface area contributed by atoms with Crippen LogP contribution in [0.1, 0.15) is 16.7 Å². The van der Waals surface area contributed by atoms with Gasteiger partial charge in [-0.2, -0.15) is 35.1 Å². The van der Waals surface area contributed by atoms with Crippen LogP contribution in [0.15, 0.2) is 48.5 Å². The second-order valence-corrected chi connectivity index (χ2v) is 5.60. The fraction of sp³-hybridized carbons (Fsp3) is 0.250. The molecule has 1 unspecified atom stereocenters. The lowest BCUT2D eigenvalue weighted by molar-refractivity contribution is -0.389. The summed E-state index contributed by atoms with van der Waals surface area (Å²) in [5.41, 5.74) is -11.7. The van der Waals surface area contributed by atoms with E-state index in [1.165, 1.54) is 0 Å². The van der Waals surface area contributed by atoms with Gasteiger partial charge < -0.3 is 5.11 Å². The molecule has 0 bridgehead atoms. The van der Waals surface area contributed by atoms with Gasteiger partial charge in [-0.25, -0.2) is 0 Å². The van der Waals surface area contributed by atoms with Crippen molar-refractivity contribution in [3.63, 3.8) is 0 Å². The molecule has 4 nitrogen and oxygen atoms in total. The highest BCUT2D eigenvalue weighted by atomic mass is 19.4. The van der Waals surface area contributed by atoms with Crippen LogP contribution in [0.3, 0.4) is 0 Å². The van der Waals surface area contributed by atoms with Gasteiger partial charge in [0, 0.05) is 11.6 Å². The molecule has 28 heavy (non-hydrogen) atoms. The SMILES string of the molecule is O=[N+]([O-])c1ccccc1C(O)(c1ccccc1C(F)(F)F)C(F)(F)C(F)(F)F. The summed E-state index contributed by atoms with van der Waals surface area (Å²) in [7, 11) is 0. The quantitative estimate of drug-likeness (QED) is 0.432. The second-order valence-electron chi connectivity index (χ2n) is 5.60. The van der Waals surface area contributed by atoms with Gasteiger partial charge in [0.05, 0.1) is 16.1 Å². The van der Waals surface area contributed by atoms with E-state index in [0.717, 1.165) is 12.1 Å². The summed E-state index contributed by atoms with van der Waals surface area (Å²) in [4.78, 5) is 9.72. The number of hydrogen-bond acceptors (Lipinski definition) is 3. The van der Waals surface area contributed by atoms with Crippen molar-refractivity contribution >= 4 is 5.69 Å². The van der Waals surface area contributed by atoms with Crippen molar-refractivity contribution in [3.05, 3.63) is 75.3 Å². The first-order valence-corrected chi connectivity index (χ1v) is 7.23. The monoisotopic (exact) mass is 415 g/mol. The molecule has 2 aromatic rings. The molecular formula is C16H9F8NO3. The third-order valence-electron chi connectivity index (χ3n) is 3.92. The van der Waals surface area contributed by atoms with Gasteiger partial charge in [0.15, 0.2) is 5.60 Å². The van der Waals surface area contributed by atoms with Crippen molar-refractivity contribution in [1.29, 1.82) is 0 Å². The number of nitrogens with zero attached hydrogens (tertiary/aromatic N) is 1. The molecule has 0 amide bonds. The zero-order valence-electron chi connectivity index (χ0n) is 13.4. The van der Waals surface area contributed by atoms with E-state index < -0.39 is 51.2 Å². The fourth-order valence-electron chi connectivity index (χ4n) is 2.67. The maximum Gasteiger partial charge on any atom is 0.457 e. The van der Waals surface area contributed by atoms with Crippen molar-refractivity contribution < 1.29 is 45.2 Å². The van der Waals surface area contributed by atoms with E-state index in [1.807, 2.05) is 0 Å². The first-order valence-electron chi connectivity index (χ1n) is 7.23. The van der Waals surface area contributed by atoms with Gasteiger partial charge in [0.25, 0.3) is 5.69 Å². The molecule has 0 heterocycles. The highest BCUT2D eigenvalue weighted by molar-refractivity contribution is 5.53. The van der Waals surface area contributed by atoms with Crippen LogP contribution in [0.4, 0.5) is 40.8 Å². The third kappa shape index (κ3) is 3.28. The van der Waals surface area contributed by atoms with Crippen LogP contribution in [0.25, 0.3) is 0 Å². The van der Waals surface area contributed by atoms with Crippen LogP contribution in [-0.2, 0) is 11.8 Å². The number of aliphatic hydroxyl groups is 1. The molecule has 0 aromatic heterocycles. The maximum absolute atomic E-state index is 14.4. The number of nitro benzene ring substituents is 1. The highest BCUT2D eigenvalue weighted by Crippen LogP contribution is 2.55. The Morgan fingerprint density at radius 3 is 1.61 bits per heavy atom. The number of para-hydroxylation sites is 1. The highest BCUT2D eigenvalue weighted by Gasteiger charge is 2.73. The Morgan fingerprint density at radius 2 is 1.18 bits per heavy atom. The van der Waals surface area contributed by atoms with E-state index in [0.29, 0.717) is 24.3 Å². The Kier molecular flexibility index (Phi) is 5.15. The Hall–Kier alpha value is -2.76. The fourth-order valence-corrected chi connectivity index (χ4v) is 2.67. The summed E-state index contributed by atoms with van der Waals surface area (Å²) in [5.74, 6) is -6.21. The number of rotatable bonds is 4. The molecule has 0 aliphatic heterocycles. The molecule has 1 N–H and O–H groups in total. The molecule has 12 heteroatoms. The van der Waals surface area contributed by atoms with Crippen molar-refractivity contribution in [3.8, 4) is 0 Å². The minimum atomic E-state index is -6.54. The van der Waals surface area contributed by atoms with Crippen LogP contribution < -0.4 is 0 Å².